The maximum Gasteiger partial charge on any atom is 0.269 e. The largest absolute Gasteiger partial charge is 0.334 e. The molecule has 0 saturated carbocycles. The number of aromatic nitrogens is 3. The molecule has 0 bridgehead atoms. The van der Waals surface area contributed by atoms with Crippen LogP contribution in [0.1, 0.15) is 5.56 Å². The first-order valence-corrected chi connectivity index (χ1v) is 9.33. The molecule has 11 nitrogen and oxygen atoms in total. The second kappa shape index (κ2) is 9.47. The SMILES string of the molecule is Nn1c(N/N=C/c2ccc(F)cc2)nnc1SCC(=O)Nc1ccc([N+](=O)[O-])cc1. The Morgan fingerprint density at radius 3 is 2.60 bits per heavy atom. The van der Waals surface area contributed by atoms with Crippen LogP contribution in [0.4, 0.5) is 21.7 Å². The van der Waals surface area contributed by atoms with Crippen LogP contribution in [-0.2, 0) is 4.79 Å². The molecule has 154 valence electrons. The van der Waals surface area contributed by atoms with Gasteiger partial charge in [-0.2, -0.15) is 5.10 Å². The number of carbonyl (C=O) groups excluding carboxylic acids is 1. The molecule has 2 aromatic carbocycles. The third kappa shape index (κ3) is 5.51. The molecule has 1 heterocycles. The summed E-state index contributed by atoms with van der Waals surface area (Å²) in [6.07, 6.45) is 1.46. The second-order valence-electron chi connectivity index (χ2n) is 5.74. The van der Waals surface area contributed by atoms with Crippen LogP contribution < -0.4 is 16.6 Å². The lowest BCUT2D eigenvalue weighted by atomic mass is 10.2. The third-order valence-corrected chi connectivity index (χ3v) is 4.55. The molecule has 4 N–H and O–H groups in total. The number of hydrogen-bond donors (Lipinski definition) is 3. The Hall–Kier alpha value is -4.00. The number of nitrogens with one attached hydrogen (secondary N) is 2. The van der Waals surface area contributed by atoms with Crippen molar-refractivity contribution < 1.29 is 14.1 Å². The van der Waals surface area contributed by atoms with Crippen LogP contribution in [0.5, 0.6) is 0 Å². The van der Waals surface area contributed by atoms with Crippen molar-refractivity contribution in [2.75, 3.05) is 22.3 Å². The zero-order chi connectivity index (χ0) is 21.5. The molecular weight excluding hydrogens is 415 g/mol. The summed E-state index contributed by atoms with van der Waals surface area (Å²) in [5.41, 5.74) is 3.64. The molecule has 0 saturated heterocycles. The highest BCUT2D eigenvalue weighted by Gasteiger charge is 2.12. The molecule has 0 radical (unpaired) electrons. The van der Waals surface area contributed by atoms with E-state index in [1.165, 1.54) is 42.6 Å². The van der Waals surface area contributed by atoms with E-state index in [4.69, 9.17) is 5.84 Å². The number of nitro groups is 1. The highest BCUT2D eigenvalue weighted by molar-refractivity contribution is 7.99. The van der Waals surface area contributed by atoms with Crippen LogP contribution >= 0.6 is 11.8 Å². The highest BCUT2D eigenvalue weighted by atomic mass is 32.2. The fourth-order valence-electron chi connectivity index (χ4n) is 2.16. The van der Waals surface area contributed by atoms with E-state index < -0.39 is 4.92 Å². The number of nitrogen functional groups attached to an aromatic ring is 1. The average molecular weight is 430 g/mol. The van der Waals surface area contributed by atoms with E-state index in [1.807, 2.05) is 0 Å². The van der Waals surface area contributed by atoms with Crippen LogP contribution in [0.15, 0.2) is 58.8 Å². The summed E-state index contributed by atoms with van der Waals surface area (Å²) in [5.74, 6) is 5.32. The quantitative estimate of drug-likeness (QED) is 0.162. The molecule has 0 aliphatic rings. The molecule has 0 aliphatic carbocycles. The minimum absolute atomic E-state index is 0.00876. The Bertz CT molecular complexity index is 1070. The lowest BCUT2D eigenvalue weighted by molar-refractivity contribution is -0.384. The summed E-state index contributed by atoms with van der Waals surface area (Å²) in [4.78, 5) is 22.2. The molecule has 0 atom stereocenters. The second-order valence-corrected chi connectivity index (χ2v) is 6.68. The number of rotatable bonds is 8. The first-order valence-electron chi connectivity index (χ1n) is 8.34. The fourth-order valence-corrected chi connectivity index (χ4v) is 2.82. The van der Waals surface area contributed by atoms with Crippen molar-refractivity contribution in [2.24, 2.45) is 5.10 Å². The molecule has 0 aliphatic heterocycles. The summed E-state index contributed by atoms with van der Waals surface area (Å²) >= 11 is 1.05. The van der Waals surface area contributed by atoms with Gasteiger partial charge in [0.05, 0.1) is 16.9 Å². The van der Waals surface area contributed by atoms with Gasteiger partial charge < -0.3 is 11.2 Å². The van der Waals surface area contributed by atoms with Gasteiger partial charge in [0.1, 0.15) is 5.82 Å². The number of carbonyl (C=O) groups is 1. The molecule has 3 aromatic rings. The minimum atomic E-state index is -0.523. The summed E-state index contributed by atoms with van der Waals surface area (Å²) in [6, 6.07) is 11.2. The molecule has 30 heavy (non-hydrogen) atoms. The van der Waals surface area contributed by atoms with Crippen molar-refractivity contribution in [1.29, 1.82) is 0 Å². The number of nitrogens with two attached hydrogens (primary N) is 1. The Kier molecular flexibility index (Phi) is 6.54. The predicted molar refractivity (Wildman–Crippen MR) is 110 cm³/mol. The number of amides is 1. The normalized spacial score (nSPS) is 10.8. The van der Waals surface area contributed by atoms with Gasteiger partial charge in [-0.05, 0) is 29.8 Å². The zero-order valence-corrected chi connectivity index (χ0v) is 16.0. The highest BCUT2D eigenvalue weighted by Crippen LogP contribution is 2.19. The molecule has 0 fully saturated rings. The van der Waals surface area contributed by atoms with Crippen LogP contribution in [0, 0.1) is 15.9 Å². The summed E-state index contributed by atoms with van der Waals surface area (Å²) in [5, 5.41) is 25.2. The fraction of sp³-hybridized carbons (Fsp3) is 0.0588. The topological polar surface area (TPSA) is 153 Å². The van der Waals surface area contributed by atoms with Gasteiger partial charge in [0.2, 0.25) is 11.1 Å². The van der Waals surface area contributed by atoms with E-state index in [2.05, 4.69) is 26.0 Å². The van der Waals surface area contributed by atoms with E-state index in [0.29, 0.717) is 11.3 Å². The van der Waals surface area contributed by atoms with Crippen molar-refractivity contribution in [2.45, 2.75) is 5.16 Å². The van der Waals surface area contributed by atoms with Crippen LogP contribution in [0.2, 0.25) is 0 Å². The average Bonchev–Trinajstić information content (AvgIpc) is 3.08. The Labute approximate surface area is 173 Å². The van der Waals surface area contributed by atoms with E-state index in [1.54, 1.807) is 12.1 Å². The first-order chi connectivity index (χ1) is 14.4. The molecule has 0 spiro atoms. The lowest BCUT2D eigenvalue weighted by Gasteiger charge is -2.05. The van der Waals surface area contributed by atoms with Gasteiger partial charge in [-0.3, -0.25) is 14.9 Å². The van der Waals surface area contributed by atoms with Gasteiger partial charge in [-0.1, -0.05) is 23.9 Å². The van der Waals surface area contributed by atoms with Gasteiger partial charge >= 0.3 is 0 Å². The maximum atomic E-state index is 12.9. The van der Waals surface area contributed by atoms with Gasteiger partial charge in [-0.25, -0.2) is 14.5 Å². The van der Waals surface area contributed by atoms with E-state index >= 15 is 0 Å². The third-order valence-electron chi connectivity index (χ3n) is 3.61. The molecule has 1 amide bonds. The number of nitrogens with zero attached hydrogens (tertiary/aromatic N) is 5. The zero-order valence-electron chi connectivity index (χ0n) is 15.2. The Balaban J connectivity index is 1.51. The first kappa shape index (κ1) is 20.7. The van der Waals surface area contributed by atoms with E-state index in [0.717, 1.165) is 16.4 Å². The van der Waals surface area contributed by atoms with Gasteiger partial charge in [0, 0.05) is 17.8 Å². The van der Waals surface area contributed by atoms with E-state index in [9.17, 15) is 19.3 Å². The van der Waals surface area contributed by atoms with Crippen molar-refractivity contribution in [3.05, 3.63) is 70.0 Å². The van der Waals surface area contributed by atoms with Crippen LogP contribution in [-0.4, -0.2) is 37.7 Å². The molecule has 1 aromatic heterocycles. The number of hydrazone groups is 1. The maximum absolute atomic E-state index is 12.9. The predicted octanol–water partition coefficient (Wildman–Crippen LogP) is 2.22. The number of thioether (sulfide) groups is 1. The summed E-state index contributed by atoms with van der Waals surface area (Å²) < 4.78 is 14.0. The number of benzene rings is 2. The van der Waals surface area contributed by atoms with Crippen molar-refractivity contribution in [3.63, 3.8) is 0 Å². The standard InChI is InChI=1S/C17H15FN8O3S/c18-12-3-1-11(2-4-12)9-20-22-16-23-24-17(25(16)19)30-10-15(27)21-13-5-7-14(8-6-13)26(28)29/h1-9H,10,19H2,(H,21,27)(H,22,23)/b20-9+. The smallest absolute Gasteiger partial charge is 0.269 e. The molecular formula is C17H15FN8O3S. The van der Waals surface area contributed by atoms with Gasteiger partial charge in [0.15, 0.2) is 0 Å². The Morgan fingerprint density at radius 1 is 1.23 bits per heavy atom. The van der Waals surface area contributed by atoms with E-state index in [-0.39, 0.29) is 34.3 Å². The van der Waals surface area contributed by atoms with Crippen LogP contribution in [0.3, 0.4) is 0 Å². The minimum Gasteiger partial charge on any atom is -0.334 e. The van der Waals surface area contributed by atoms with Crippen molar-refractivity contribution >= 4 is 41.2 Å². The number of anilines is 2. The summed E-state index contributed by atoms with van der Waals surface area (Å²) in [7, 11) is 0. The molecule has 13 heteroatoms. The number of nitro benzene ring substituents is 1. The molecule has 3 rings (SSSR count). The van der Waals surface area contributed by atoms with Gasteiger partial charge in [-0.15, -0.1) is 10.2 Å². The van der Waals surface area contributed by atoms with Crippen molar-refractivity contribution in [1.82, 2.24) is 14.9 Å². The monoisotopic (exact) mass is 430 g/mol. The molecule has 0 unspecified atom stereocenters. The van der Waals surface area contributed by atoms with Gasteiger partial charge in [0.25, 0.3) is 11.6 Å². The number of hydrogen-bond acceptors (Lipinski definition) is 9. The number of halogens is 1. The number of non-ortho nitro benzene ring substituents is 1. The van der Waals surface area contributed by atoms with Crippen molar-refractivity contribution in [3.8, 4) is 0 Å². The Morgan fingerprint density at radius 2 is 1.93 bits per heavy atom. The van der Waals surface area contributed by atoms with Crippen LogP contribution in [0.25, 0.3) is 0 Å². The summed E-state index contributed by atoms with van der Waals surface area (Å²) in [6.45, 7) is 0. The lowest BCUT2D eigenvalue weighted by Crippen LogP contribution is -2.16.